The zero-order chi connectivity index (χ0) is 99.9. The Balaban J connectivity index is 0.000000123. The van der Waals surface area contributed by atoms with Crippen molar-refractivity contribution in [3.8, 4) is 23.0 Å². The van der Waals surface area contributed by atoms with E-state index in [1.165, 1.54) is 13.3 Å². The van der Waals surface area contributed by atoms with Crippen molar-refractivity contribution in [1.82, 2.24) is 85.3 Å². The Kier molecular flexibility index (Phi) is 33.9. The number of nitrogens with one attached hydrogen (secondary N) is 6. The number of rotatable bonds is 26. The Hall–Kier alpha value is -14.1. The van der Waals surface area contributed by atoms with Crippen LogP contribution in [0, 0.1) is 0 Å². The third kappa shape index (κ3) is 26.6. The molecule has 6 saturated heterocycles. The van der Waals surface area contributed by atoms with Crippen molar-refractivity contribution in [2.24, 2.45) is 0 Å². The van der Waals surface area contributed by atoms with E-state index < -0.39 is 0 Å². The molecule has 4 saturated carbocycles. The van der Waals surface area contributed by atoms with E-state index >= 15 is 0 Å². The number of morpholine rings is 4. The first-order valence-corrected chi connectivity index (χ1v) is 51.3. The van der Waals surface area contributed by atoms with Crippen LogP contribution < -0.4 is 70.4 Å². The number of hydrogen-bond acceptors (Lipinski definition) is 37. The molecule has 0 bridgehead atoms. The van der Waals surface area contributed by atoms with E-state index in [1.54, 1.807) is 106 Å². The summed E-state index contributed by atoms with van der Waals surface area (Å²) < 4.78 is 63.7. The van der Waals surface area contributed by atoms with Crippen molar-refractivity contribution in [1.29, 1.82) is 0 Å². The quantitative estimate of drug-likeness (QED) is 0.0274. The van der Waals surface area contributed by atoms with E-state index in [4.69, 9.17) is 52.1 Å². The van der Waals surface area contributed by atoms with Crippen LogP contribution >= 0.6 is 0 Å². The SMILES string of the molecule is CC1OCCC1NC(=O)c1cnc(NC2CCC(Oc3cc(N4CCOCC4)cc4nccnc34)CC2)nc1.CN(C)C(=O)c1ccc(NC2CCC(Oc3cc(N4CCOCC4)cc4nccnc34)CC2)nc1.COC(=O)c1ccc(NC2CCC(Oc3cc(N4CCOCC4)cc4nccnc34)CC2)nc1.O=C(N[C@@H]1CCOC1)c1cnc(NC2CCC(Oc3cc(N4CCOCC4)cc4nccnc34)CC2)nc1. The number of aromatic nitrogens is 14. The van der Waals surface area contributed by atoms with Gasteiger partial charge in [-0.05, 0) is 171 Å². The number of pyridine rings is 2. The number of anilines is 8. The molecule has 146 heavy (non-hydrogen) atoms. The van der Waals surface area contributed by atoms with Gasteiger partial charge in [0.15, 0.2) is 0 Å². The third-order valence-corrected chi connectivity index (χ3v) is 28.2. The molecule has 8 aromatic heterocycles. The molecule has 3 amide bonds. The minimum atomic E-state index is -0.383. The Bertz CT molecular complexity index is 6310. The van der Waals surface area contributed by atoms with Gasteiger partial charge >= 0.3 is 5.97 Å². The number of ether oxygens (including phenoxy) is 11. The summed E-state index contributed by atoms with van der Waals surface area (Å²) in [5, 5.41) is 19.8. The van der Waals surface area contributed by atoms with Gasteiger partial charge in [-0.15, -0.1) is 0 Å². The summed E-state index contributed by atoms with van der Waals surface area (Å²) >= 11 is 0. The zero-order valence-corrected chi connectivity index (χ0v) is 83.1. The number of nitrogens with zero attached hydrogens (tertiary/aromatic N) is 19. The van der Waals surface area contributed by atoms with E-state index in [0.29, 0.717) is 66.1 Å². The third-order valence-electron chi connectivity index (χ3n) is 28.2. The molecule has 14 heterocycles. The lowest BCUT2D eigenvalue weighted by molar-refractivity contribution is 0.0599. The van der Waals surface area contributed by atoms with E-state index in [-0.39, 0.29) is 78.4 Å². The normalized spacial score (nSPS) is 22.7. The van der Waals surface area contributed by atoms with Crippen molar-refractivity contribution < 1.29 is 71.3 Å². The van der Waals surface area contributed by atoms with E-state index in [9.17, 15) is 19.2 Å². The maximum Gasteiger partial charge on any atom is 0.339 e. The summed E-state index contributed by atoms with van der Waals surface area (Å²) in [5.41, 5.74) is 12.9. The number of fused-ring (bicyclic) bond motifs is 4. The molecule has 10 aliphatic rings. The van der Waals surface area contributed by atoms with Gasteiger partial charge in [0.2, 0.25) is 11.9 Å². The molecule has 768 valence electrons. The van der Waals surface area contributed by atoms with Crippen LogP contribution in [0.3, 0.4) is 0 Å². The van der Waals surface area contributed by atoms with Crippen LogP contribution in [0.1, 0.15) is 164 Å². The van der Waals surface area contributed by atoms with Crippen molar-refractivity contribution in [2.45, 2.75) is 189 Å². The van der Waals surface area contributed by atoms with Crippen LogP contribution in [0.5, 0.6) is 23.0 Å². The summed E-state index contributed by atoms with van der Waals surface area (Å²) in [6, 6.07) is 25.2. The Morgan fingerprint density at radius 2 is 0.651 bits per heavy atom. The lowest BCUT2D eigenvalue weighted by atomic mass is 9.93. The van der Waals surface area contributed by atoms with Crippen LogP contribution in [0.4, 0.5) is 46.3 Å². The van der Waals surface area contributed by atoms with Crippen molar-refractivity contribution in [3.05, 3.63) is 182 Å². The molecule has 6 aliphatic heterocycles. The van der Waals surface area contributed by atoms with Gasteiger partial charge in [0, 0.05) is 238 Å². The average Bonchev–Trinajstić information content (AvgIpc) is 0.859. The molecular weight excluding hydrogens is 1860 g/mol. The molecule has 12 aromatic rings. The summed E-state index contributed by atoms with van der Waals surface area (Å²) in [4.78, 5) is 122. The van der Waals surface area contributed by atoms with E-state index in [2.05, 4.69) is 170 Å². The van der Waals surface area contributed by atoms with Crippen LogP contribution in [-0.2, 0) is 33.2 Å². The molecule has 22 rings (SSSR count). The largest absolute Gasteiger partial charge is 0.488 e. The second kappa shape index (κ2) is 49.2. The number of carbonyl (C=O) groups is 4. The van der Waals surface area contributed by atoms with Gasteiger partial charge in [0.25, 0.3) is 17.7 Å². The summed E-state index contributed by atoms with van der Waals surface area (Å²) in [5.74, 6) is 5.03. The lowest BCUT2D eigenvalue weighted by Gasteiger charge is -2.31. The number of methoxy groups -OCH3 is 1. The number of benzene rings is 4. The summed E-state index contributed by atoms with van der Waals surface area (Å²) in [6.45, 7) is 16.5. The molecule has 2 unspecified atom stereocenters. The maximum atomic E-state index is 12.5. The van der Waals surface area contributed by atoms with Gasteiger partial charge in [-0.2, -0.15) is 0 Å². The van der Waals surface area contributed by atoms with Gasteiger partial charge < -0.3 is 109 Å². The fraction of sp³-hybridized carbons (Fsp3) is 0.491. The molecule has 6 N–H and O–H groups in total. The minimum Gasteiger partial charge on any atom is -0.488 e. The maximum absolute atomic E-state index is 12.5. The fourth-order valence-electron chi connectivity index (χ4n) is 20.0. The standard InChI is InChI=1S/C28H35N7O4.C27H33N7O4.C26H32N6O3.C25H29N5O4/c1-18-23(6-11-38-18)34-27(36)19-16-31-28(32-17-19)33-20-2-4-22(5-3-20)39-25-15-21(35-9-12-37-13-10-35)14-24-26(25)30-8-7-29-24;35-26(32-20-5-10-37-17-20)18-15-30-27(31-16-18)33-19-1-3-22(4-2-19)38-24-14-21(34-8-11-36-12-9-34)13-23-25(24)29-7-6-28-23;1-31(2)26(33)18-3-8-24(29-17-18)30-19-4-6-21(7-5-19)35-23-16-20(32-11-13-34-14-12-32)15-22-25(23)28-10-9-27-22;1-32-25(31)17-2-7-23(28-16-17)29-18-3-5-20(6-4-18)34-22-15-19(30-10-12-33-13-11-30)14-21-24(22)27-9-8-26-21/h7-8,14-18,20,22-23H,2-6,9-13H2,1H3,(H,34,36)(H,31,32,33);6-7,13-16,19-20,22H,1-5,8-12,17H2,(H,32,35)(H,30,31,33);3,8-10,15-17,19,21H,4-7,11-14H2,1-2H3,(H,29,30);2,7-9,14-16,18,20H,3-6,10-13H2,1H3,(H,28,29)/t;19?,20-,22?;;/m.1../s1. The second-order valence-electron chi connectivity index (χ2n) is 38.4. The topological polar surface area (TPSA) is 439 Å². The Morgan fingerprint density at radius 3 is 0.952 bits per heavy atom. The first kappa shape index (κ1) is 101. The zero-order valence-electron chi connectivity index (χ0n) is 83.1. The molecular formula is C106H129N25O15. The smallest absolute Gasteiger partial charge is 0.339 e. The molecule has 3 atom stereocenters. The molecule has 4 aromatic carbocycles. The van der Waals surface area contributed by atoms with Crippen LogP contribution in [-0.4, -0.2) is 311 Å². The summed E-state index contributed by atoms with van der Waals surface area (Å²) in [6.07, 6.45) is 40.4. The monoisotopic (exact) mass is 1990 g/mol. The fourth-order valence-corrected chi connectivity index (χ4v) is 20.0. The van der Waals surface area contributed by atoms with E-state index in [0.717, 1.165) is 322 Å². The first-order valence-electron chi connectivity index (χ1n) is 51.3. The lowest BCUT2D eigenvalue weighted by Crippen LogP contribution is -2.39. The number of esters is 1. The highest BCUT2D eigenvalue weighted by Crippen LogP contribution is 2.40. The second-order valence-corrected chi connectivity index (χ2v) is 38.4. The Morgan fingerprint density at radius 1 is 0.329 bits per heavy atom. The number of amides is 3. The molecule has 10 fully saturated rings. The molecule has 0 radical (unpaired) electrons. The minimum absolute atomic E-state index is 0.0234. The van der Waals surface area contributed by atoms with Crippen molar-refractivity contribution in [2.75, 3.05) is 187 Å². The van der Waals surface area contributed by atoms with Gasteiger partial charge in [0.05, 0.1) is 153 Å². The molecule has 40 nitrogen and oxygen atoms in total. The van der Waals surface area contributed by atoms with Gasteiger partial charge in [-0.3, -0.25) is 34.3 Å². The first-order chi connectivity index (χ1) is 71.6. The summed E-state index contributed by atoms with van der Waals surface area (Å²) in [7, 11) is 4.84. The number of hydrogen-bond donors (Lipinski definition) is 6. The van der Waals surface area contributed by atoms with Crippen molar-refractivity contribution >= 4 is 114 Å². The van der Waals surface area contributed by atoms with Crippen LogP contribution in [0.15, 0.2) is 160 Å². The predicted molar refractivity (Wildman–Crippen MR) is 551 cm³/mol. The highest BCUT2D eigenvalue weighted by Gasteiger charge is 2.34. The molecule has 4 aliphatic carbocycles. The highest BCUT2D eigenvalue weighted by molar-refractivity contribution is 5.96. The van der Waals surface area contributed by atoms with Crippen LogP contribution in [0.2, 0.25) is 0 Å². The average molecular weight is 1990 g/mol. The molecule has 0 spiro atoms. The van der Waals surface area contributed by atoms with Gasteiger partial charge in [-0.1, -0.05) is 0 Å². The van der Waals surface area contributed by atoms with Gasteiger partial charge in [-0.25, -0.2) is 54.6 Å². The van der Waals surface area contributed by atoms with E-state index in [1.807, 2.05) is 25.1 Å². The van der Waals surface area contributed by atoms with Crippen LogP contribution in [0.25, 0.3) is 44.1 Å². The van der Waals surface area contributed by atoms with Gasteiger partial charge in [0.1, 0.15) is 56.7 Å². The number of carbonyl (C=O) groups excluding carboxylic acids is 4. The predicted octanol–water partition coefficient (Wildman–Crippen LogP) is 12.4. The molecule has 40 heteroatoms. The van der Waals surface area contributed by atoms with Crippen molar-refractivity contribution in [3.63, 3.8) is 0 Å². The Labute approximate surface area is 847 Å². The highest BCUT2D eigenvalue weighted by atomic mass is 16.5.